The predicted molar refractivity (Wildman–Crippen MR) is 49.1 cm³/mol. The molecule has 0 aromatic heterocycles. The number of rotatable bonds is 1. The first kappa shape index (κ1) is 8.80. The summed E-state index contributed by atoms with van der Waals surface area (Å²) in [6.45, 7) is 4.55. The van der Waals surface area contributed by atoms with Gasteiger partial charge in [0.15, 0.2) is 0 Å². The van der Waals surface area contributed by atoms with E-state index in [4.69, 9.17) is 27.1 Å². The molecule has 5 heteroatoms. The van der Waals surface area contributed by atoms with Crippen LogP contribution in [0.1, 0.15) is 6.92 Å². The molecule has 0 aliphatic carbocycles. The van der Waals surface area contributed by atoms with Crippen LogP contribution >= 0.6 is 0 Å². The van der Waals surface area contributed by atoms with Crippen LogP contribution in [0.4, 0.5) is 0 Å². The Balaban J connectivity index is 2.56. The molecule has 1 rings (SSSR count). The van der Waals surface area contributed by atoms with Gasteiger partial charge in [-0.2, -0.15) is 0 Å². The van der Waals surface area contributed by atoms with Gasteiger partial charge in [-0.3, -0.25) is 8.20 Å². The third-order valence-corrected chi connectivity index (χ3v) is 3.57. The molecule has 0 radical (unpaired) electrons. The fourth-order valence-electron chi connectivity index (χ4n) is 0.933. The highest BCUT2D eigenvalue weighted by atomic mass is 33.1. The van der Waals surface area contributed by atoms with Crippen molar-refractivity contribution in [3.05, 3.63) is 0 Å². The van der Waals surface area contributed by atoms with Crippen molar-refractivity contribution in [1.29, 1.82) is 0 Å². The van der Waals surface area contributed by atoms with Crippen LogP contribution in [0.5, 0.6) is 0 Å². The van der Waals surface area contributed by atoms with Crippen LogP contribution in [0.15, 0.2) is 0 Å². The summed E-state index contributed by atoms with van der Waals surface area (Å²) in [6.07, 6.45) is 0. The minimum Gasteiger partial charge on any atom is -0.379 e. The number of morpholine rings is 1. The molecule has 10 heavy (non-hydrogen) atoms. The van der Waals surface area contributed by atoms with E-state index >= 15 is 0 Å². The molecule has 1 aliphatic heterocycles. The largest absolute Gasteiger partial charge is 0.379 e. The summed E-state index contributed by atoms with van der Waals surface area (Å²) in [5, 5.41) is 0. The Morgan fingerprint density at radius 2 is 2.30 bits per heavy atom. The Morgan fingerprint density at radius 1 is 1.60 bits per heavy atom. The Labute approximate surface area is 72.5 Å². The van der Waals surface area contributed by atoms with Crippen molar-refractivity contribution in [2.24, 2.45) is 0 Å². The van der Waals surface area contributed by atoms with Crippen molar-refractivity contribution in [2.45, 2.75) is 13.0 Å². The molecular formula is C5H10NOS3-. The lowest BCUT2D eigenvalue weighted by Gasteiger charge is -2.37. The zero-order chi connectivity index (χ0) is 7.56. The van der Waals surface area contributed by atoms with E-state index in [0.717, 1.165) is 19.8 Å². The molecule has 0 unspecified atom stereocenters. The minimum absolute atomic E-state index is 0.409. The van der Waals surface area contributed by atoms with Crippen molar-refractivity contribution >= 4 is 30.6 Å². The van der Waals surface area contributed by atoms with Crippen molar-refractivity contribution in [2.75, 3.05) is 19.8 Å². The van der Waals surface area contributed by atoms with Crippen molar-refractivity contribution in [3.63, 3.8) is 0 Å². The van der Waals surface area contributed by atoms with Crippen LogP contribution in [0.25, 0.3) is 0 Å². The monoisotopic (exact) mass is 196 g/mol. The van der Waals surface area contributed by atoms with Crippen molar-refractivity contribution in [3.8, 4) is 0 Å². The SMILES string of the molecule is C[C@H]1COCCN1[S-](=S)=S. The second kappa shape index (κ2) is 3.92. The van der Waals surface area contributed by atoms with Gasteiger partial charge in [0.1, 0.15) is 0 Å². The van der Waals surface area contributed by atoms with Crippen molar-refractivity contribution in [1.82, 2.24) is 4.31 Å². The quantitative estimate of drug-likeness (QED) is 0.554. The van der Waals surface area contributed by atoms with E-state index in [9.17, 15) is 0 Å². The number of hydrogen-bond acceptors (Lipinski definition) is 4. The van der Waals surface area contributed by atoms with E-state index in [1.807, 2.05) is 0 Å². The first-order valence-corrected chi connectivity index (χ1v) is 6.19. The van der Waals surface area contributed by atoms with Gasteiger partial charge < -0.3 is 9.04 Å². The maximum atomic E-state index is 5.23. The zero-order valence-electron chi connectivity index (χ0n) is 5.78. The zero-order valence-corrected chi connectivity index (χ0v) is 8.23. The summed E-state index contributed by atoms with van der Waals surface area (Å²) in [6, 6.07) is 0.409. The fourth-order valence-corrected chi connectivity index (χ4v) is 2.84. The average Bonchev–Trinajstić information content (AvgIpc) is 1.88. The summed E-state index contributed by atoms with van der Waals surface area (Å²) in [5.41, 5.74) is 0. The molecule has 1 saturated heterocycles. The topological polar surface area (TPSA) is 12.5 Å². The first-order chi connectivity index (χ1) is 4.72. The van der Waals surface area contributed by atoms with Gasteiger partial charge in [0.2, 0.25) is 0 Å². The van der Waals surface area contributed by atoms with Crippen LogP contribution in [-0.2, 0) is 35.3 Å². The van der Waals surface area contributed by atoms with Gasteiger partial charge in [-0.15, -0.1) is 0 Å². The lowest BCUT2D eigenvalue weighted by molar-refractivity contribution is 0.0442. The smallest absolute Gasteiger partial charge is 0.0604 e. The molecule has 1 heterocycles. The summed E-state index contributed by atoms with van der Waals surface area (Å²) >= 11 is 9.98. The average molecular weight is 196 g/mol. The van der Waals surface area contributed by atoms with E-state index < -0.39 is 8.20 Å². The second-order valence-corrected chi connectivity index (χ2v) is 5.71. The Hall–Kier alpha value is 0.710. The summed E-state index contributed by atoms with van der Waals surface area (Å²) in [7, 11) is -0.412. The standard InChI is InChI=1S/C5H10NOS3/c1-5-4-7-3-2-6(5)10(8)9/h5H,2-4H2,1H3/q-1/t5-/m0/s1. The van der Waals surface area contributed by atoms with E-state index in [2.05, 4.69) is 11.2 Å². The molecule has 2 nitrogen and oxygen atoms in total. The second-order valence-electron chi connectivity index (χ2n) is 2.28. The van der Waals surface area contributed by atoms with Gasteiger partial charge in [-0.05, 0) is 6.92 Å². The summed E-state index contributed by atoms with van der Waals surface area (Å²) in [5.74, 6) is 0. The molecule has 0 N–H and O–H groups in total. The molecule has 1 atom stereocenters. The summed E-state index contributed by atoms with van der Waals surface area (Å²) < 4.78 is 7.37. The van der Waals surface area contributed by atoms with Gasteiger partial charge in [0.25, 0.3) is 0 Å². The molecule has 1 fully saturated rings. The molecule has 0 bridgehead atoms. The Morgan fingerprint density at radius 3 is 2.70 bits per heavy atom. The van der Waals surface area contributed by atoms with E-state index in [-0.39, 0.29) is 0 Å². The Bertz CT molecular complexity index is 172. The number of nitrogens with zero attached hydrogens (tertiary/aromatic N) is 1. The number of ether oxygens (including phenoxy) is 1. The van der Waals surface area contributed by atoms with Crippen molar-refractivity contribution < 1.29 is 4.74 Å². The van der Waals surface area contributed by atoms with Crippen LogP contribution in [-0.4, -0.2) is 30.1 Å². The van der Waals surface area contributed by atoms with E-state index in [1.165, 1.54) is 0 Å². The third kappa shape index (κ3) is 2.10. The highest BCUT2D eigenvalue weighted by Crippen LogP contribution is 2.05. The van der Waals surface area contributed by atoms with Crippen LogP contribution < -0.4 is 0 Å². The molecule has 1 aliphatic rings. The minimum atomic E-state index is -0.412. The number of hydrogen-bond donors (Lipinski definition) is 0. The predicted octanol–water partition coefficient (Wildman–Crippen LogP) is 0.164. The van der Waals surface area contributed by atoms with E-state index in [0.29, 0.717) is 6.04 Å². The Kier molecular flexibility index (Phi) is 3.45. The van der Waals surface area contributed by atoms with Crippen LogP contribution in [0.3, 0.4) is 0 Å². The van der Waals surface area contributed by atoms with Gasteiger partial charge in [-0.25, -0.2) is 22.4 Å². The lowest BCUT2D eigenvalue weighted by atomic mass is 10.3. The molecule has 60 valence electrons. The molecular weight excluding hydrogens is 186 g/mol. The van der Waals surface area contributed by atoms with Crippen LogP contribution in [0.2, 0.25) is 0 Å². The molecule has 0 amide bonds. The maximum Gasteiger partial charge on any atom is 0.0604 e. The van der Waals surface area contributed by atoms with Gasteiger partial charge in [-0.1, -0.05) is 0 Å². The van der Waals surface area contributed by atoms with Gasteiger partial charge in [0, 0.05) is 12.6 Å². The summed E-state index contributed by atoms with van der Waals surface area (Å²) in [4.78, 5) is 0. The highest BCUT2D eigenvalue weighted by Gasteiger charge is 2.11. The van der Waals surface area contributed by atoms with Gasteiger partial charge >= 0.3 is 0 Å². The molecule has 0 aromatic rings. The third-order valence-electron chi connectivity index (χ3n) is 1.50. The van der Waals surface area contributed by atoms with E-state index in [1.54, 1.807) is 0 Å². The highest BCUT2D eigenvalue weighted by molar-refractivity contribution is 8.45. The maximum absolute atomic E-state index is 5.23. The molecule has 0 saturated carbocycles. The lowest BCUT2D eigenvalue weighted by Crippen LogP contribution is -2.41. The van der Waals surface area contributed by atoms with Gasteiger partial charge in [0.05, 0.1) is 13.2 Å². The van der Waals surface area contributed by atoms with Crippen LogP contribution in [0, 0.1) is 0 Å². The first-order valence-electron chi connectivity index (χ1n) is 3.15. The normalized spacial score (nSPS) is 29.2. The molecule has 0 aromatic carbocycles. The fraction of sp³-hybridized carbons (Fsp3) is 1.00. The molecule has 0 spiro atoms.